The van der Waals surface area contributed by atoms with Crippen LogP contribution in [-0.4, -0.2) is 42.9 Å². The van der Waals surface area contributed by atoms with Crippen LogP contribution in [0.1, 0.15) is 24.2 Å². The van der Waals surface area contributed by atoms with E-state index in [9.17, 15) is 13.2 Å². The summed E-state index contributed by atoms with van der Waals surface area (Å²) in [6.45, 7) is 1.71. The zero-order valence-corrected chi connectivity index (χ0v) is 15.7. The van der Waals surface area contributed by atoms with Crippen molar-refractivity contribution in [3.63, 3.8) is 0 Å². The summed E-state index contributed by atoms with van der Waals surface area (Å²) in [6, 6.07) is 13.5. The van der Waals surface area contributed by atoms with Gasteiger partial charge >= 0.3 is 0 Å². The number of hydrogen-bond acceptors (Lipinski definition) is 4. The first-order valence-electron chi connectivity index (χ1n) is 8.73. The molecule has 1 saturated heterocycles. The number of carbonyl (C=O) groups is 1. The second kappa shape index (κ2) is 8.05. The zero-order valence-electron chi connectivity index (χ0n) is 14.9. The lowest BCUT2D eigenvalue weighted by Gasteiger charge is -2.33. The van der Waals surface area contributed by atoms with Gasteiger partial charge in [0.2, 0.25) is 15.9 Å². The minimum absolute atomic E-state index is 0.0541. The van der Waals surface area contributed by atoms with Crippen LogP contribution >= 0.6 is 0 Å². The van der Waals surface area contributed by atoms with E-state index in [0.717, 1.165) is 11.3 Å². The Balaban J connectivity index is 1.70. The number of amides is 1. The summed E-state index contributed by atoms with van der Waals surface area (Å²) < 4.78 is 30.2. The molecule has 0 spiro atoms. The van der Waals surface area contributed by atoms with Crippen molar-refractivity contribution in [1.82, 2.24) is 9.21 Å². The monoisotopic (exact) mass is 376 g/mol. The molecule has 6 nitrogen and oxygen atoms in total. The quantitative estimate of drug-likeness (QED) is 0.777. The molecule has 0 bridgehead atoms. The molecule has 140 valence electrons. The fraction of sp³-hybridized carbons (Fsp3) is 0.421. The predicted molar refractivity (Wildman–Crippen MR) is 98.5 cm³/mol. The van der Waals surface area contributed by atoms with Crippen LogP contribution in [0.15, 0.2) is 53.1 Å². The van der Waals surface area contributed by atoms with E-state index in [-0.39, 0.29) is 11.8 Å². The number of carbonyl (C=O) groups excluding carboxylic acids is 1. The number of furan rings is 1. The van der Waals surface area contributed by atoms with E-state index >= 15 is 0 Å². The Kier molecular flexibility index (Phi) is 5.78. The fourth-order valence-corrected chi connectivity index (χ4v) is 4.17. The second-order valence-electron chi connectivity index (χ2n) is 6.70. The van der Waals surface area contributed by atoms with Gasteiger partial charge in [-0.25, -0.2) is 12.7 Å². The minimum Gasteiger partial charge on any atom is -0.467 e. The number of benzene rings is 1. The van der Waals surface area contributed by atoms with Crippen molar-refractivity contribution in [3.05, 3.63) is 60.1 Å². The summed E-state index contributed by atoms with van der Waals surface area (Å²) in [5.74, 6) is 0.632. The average Bonchev–Trinajstić information content (AvgIpc) is 3.14. The minimum atomic E-state index is -3.19. The van der Waals surface area contributed by atoms with Gasteiger partial charge in [0.05, 0.1) is 19.1 Å². The molecule has 26 heavy (non-hydrogen) atoms. The van der Waals surface area contributed by atoms with Crippen LogP contribution in [-0.2, 0) is 27.9 Å². The standard InChI is InChI=1S/C19H24N2O4S/c1-26(23,24)21-11-9-17(10-12-21)19(22)20(15-18-8-5-13-25-18)14-16-6-3-2-4-7-16/h2-8,13,17H,9-12,14-15H2,1H3. The summed E-state index contributed by atoms with van der Waals surface area (Å²) in [5, 5.41) is 0. The Labute approximate surface area is 154 Å². The van der Waals surface area contributed by atoms with Crippen LogP contribution in [0.25, 0.3) is 0 Å². The molecular formula is C19H24N2O4S. The third-order valence-corrected chi connectivity index (χ3v) is 6.03. The summed E-state index contributed by atoms with van der Waals surface area (Å²) in [7, 11) is -3.19. The topological polar surface area (TPSA) is 70.8 Å². The van der Waals surface area contributed by atoms with E-state index < -0.39 is 10.0 Å². The van der Waals surface area contributed by atoms with Gasteiger partial charge < -0.3 is 9.32 Å². The van der Waals surface area contributed by atoms with Crippen molar-refractivity contribution >= 4 is 15.9 Å². The van der Waals surface area contributed by atoms with Crippen molar-refractivity contribution in [2.45, 2.75) is 25.9 Å². The number of sulfonamides is 1. The Morgan fingerprint density at radius 2 is 1.81 bits per heavy atom. The van der Waals surface area contributed by atoms with Crippen LogP contribution in [0.3, 0.4) is 0 Å². The normalized spacial score (nSPS) is 16.5. The van der Waals surface area contributed by atoms with E-state index in [0.29, 0.717) is 39.0 Å². The maximum atomic E-state index is 13.1. The van der Waals surface area contributed by atoms with E-state index in [1.54, 1.807) is 11.2 Å². The first-order chi connectivity index (χ1) is 12.4. The number of nitrogens with zero attached hydrogens (tertiary/aromatic N) is 2. The number of rotatable bonds is 6. The highest BCUT2D eigenvalue weighted by molar-refractivity contribution is 7.88. The van der Waals surface area contributed by atoms with E-state index in [2.05, 4.69) is 0 Å². The summed E-state index contributed by atoms with van der Waals surface area (Å²) in [5.41, 5.74) is 1.06. The summed E-state index contributed by atoms with van der Waals surface area (Å²) >= 11 is 0. The highest BCUT2D eigenvalue weighted by Gasteiger charge is 2.31. The van der Waals surface area contributed by atoms with Crippen molar-refractivity contribution in [2.24, 2.45) is 5.92 Å². The van der Waals surface area contributed by atoms with Crippen molar-refractivity contribution < 1.29 is 17.6 Å². The van der Waals surface area contributed by atoms with Crippen LogP contribution in [0.2, 0.25) is 0 Å². The summed E-state index contributed by atoms with van der Waals surface area (Å²) in [6.07, 6.45) is 3.92. The average molecular weight is 376 g/mol. The van der Waals surface area contributed by atoms with Gasteiger partial charge in [-0.3, -0.25) is 4.79 Å². The molecule has 2 aromatic rings. The summed E-state index contributed by atoms with van der Waals surface area (Å²) in [4.78, 5) is 14.9. The lowest BCUT2D eigenvalue weighted by atomic mass is 9.96. The molecule has 3 rings (SSSR count). The smallest absolute Gasteiger partial charge is 0.226 e. The van der Waals surface area contributed by atoms with Gasteiger partial charge in [-0.15, -0.1) is 0 Å². The van der Waals surface area contributed by atoms with E-state index in [4.69, 9.17) is 4.42 Å². The predicted octanol–water partition coefficient (Wildman–Crippen LogP) is 2.48. The molecular weight excluding hydrogens is 352 g/mol. The lowest BCUT2D eigenvalue weighted by Crippen LogP contribution is -2.43. The highest BCUT2D eigenvalue weighted by atomic mass is 32.2. The molecule has 0 saturated carbocycles. The van der Waals surface area contributed by atoms with Crippen LogP contribution in [0, 0.1) is 5.92 Å². The van der Waals surface area contributed by atoms with Crippen molar-refractivity contribution in [2.75, 3.05) is 19.3 Å². The molecule has 1 amide bonds. The molecule has 1 fully saturated rings. The first-order valence-corrected chi connectivity index (χ1v) is 10.6. The van der Waals surface area contributed by atoms with Gasteiger partial charge in [0.25, 0.3) is 0 Å². The molecule has 1 aromatic heterocycles. The molecule has 1 aromatic carbocycles. The molecule has 0 N–H and O–H groups in total. The zero-order chi connectivity index (χ0) is 18.6. The Morgan fingerprint density at radius 3 is 2.38 bits per heavy atom. The largest absolute Gasteiger partial charge is 0.467 e. The Morgan fingerprint density at radius 1 is 1.12 bits per heavy atom. The Bertz CT molecular complexity index is 810. The molecule has 0 atom stereocenters. The molecule has 7 heteroatoms. The third kappa shape index (κ3) is 4.74. The van der Waals surface area contributed by atoms with Crippen molar-refractivity contribution in [1.29, 1.82) is 0 Å². The number of hydrogen-bond donors (Lipinski definition) is 0. The van der Waals surface area contributed by atoms with E-state index in [1.807, 2.05) is 42.5 Å². The molecule has 0 radical (unpaired) electrons. The van der Waals surface area contributed by atoms with Crippen LogP contribution in [0.5, 0.6) is 0 Å². The first kappa shape index (κ1) is 18.7. The highest BCUT2D eigenvalue weighted by Crippen LogP contribution is 2.23. The third-order valence-electron chi connectivity index (χ3n) is 4.73. The molecule has 2 heterocycles. The van der Waals surface area contributed by atoms with Crippen LogP contribution in [0.4, 0.5) is 0 Å². The fourth-order valence-electron chi connectivity index (χ4n) is 3.30. The maximum Gasteiger partial charge on any atom is 0.226 e. The number of piperidine rings is 1. The van der Waals surface area contributed by atoms with E-state index in [1.165, 1.54) is 10.6 Å². The van der Waals surface area contributed by atoms with Crippen molar-refractivity contribution in [3.8, 4) is 0 Å². The van der Waals surface area contributed by atoms with Gasteiger partial charge in [-0.1, -0.05) is 30.3 Å². The van der Waals surface area contributed by atoms with Gasteiger partial charge in [0.1, 0.15) is 5.76 Å². The molecule has 1 aliphatic heterocycles. The van der Waals surface area contributed by atoms with Gasteiger partial charge in [-0.2, -0.15) is 0 Å². The second-order valence-corrected chi connectivity index (χ2v) is 8.68. The molecule has 0 unspecified atom stereocenters. The van der Waals surface area contributed by atoms with Crippen LogP contribution < -0.4 is 0 Å². The molecule has 1 aliphatic rings. The lowest BCUT2D eigenvalue weighted by molar-refractivity contribution is -0.138. The molecule has 0 aliphatic carbocycles. The van der Waals surface area contributed by atoms with Gasteiger partial charge in [0, 0.05) is 25.6 Å². The SMILES string of the molecule is CS(=O)(=O)N1CCC(C(=O)N(Cc2ccccc2)Cc2ccco2)CC1. The Hall–Kier alpha value is -2.12. The van der Waals surface area contributed by atoms with Gasteiger partial charge in [-0.05, 0) is 30.5 Å². The van der Waals surface area contributed by atoms with Gasteiger partial charge in [0.15, 0.2) is 0 Å². The maximum absolute atomic E-state index is 13.1.